The van der Waals surface area contributed by atoms with Crippen molar-refractivity contribution in [3.8, 4) is 0 Å². The van der Waals surface area contributed by atoms with Gasteiger partial charge in [-0.05, 0) is 49.8 Å². The molecule has 2 aromatic carbocycles. The minimum atomic E-state index is -0.491. The van der Waals surface area contributed by atoms with Crippen molar-refractivity contribution >= 4 is 17.7 Å². The molecule has 2 heterocycles. The molecule has 32 heavy (non-hydrogen) atoms. The molecule has 0 spiro atoms. The van der Waals surface area contributed by atoms with E-state index in [1.54, 1.807) is 21.7 Å². The van der Waals surface area contributed by atoms with Crippen LogP contribution in [0.2, 0.25) is 0 Å². The monoisotopic (exact) mass is 433 g/mol. The summed E-state index contributed by atoms with van der Waals surface area (Å²) in [5.41, 5.74) is 2.61. The van der Waals surface area contributed by atoms with Gasteiger partial charge in [-0.3, -0.25) is 14.4 Å². The highest BCUT2D eigenvalue weighted by atomic mass is 16.2. The van der Waals surface area contributed by atoms with Gasteiger partial charge < -0.3 is 14.7 Å². The molecule has 2 fully saturated rings. The average molecular weight is 434 g/mol. The fourth-order valence-corrected chi connectivity index (χ4v) is 4.90. The van der Waals surface area contributed by atoms with Crippen LogP contribution in [0.15, 0.2) is 54.6 Å². The van der Waals surface area contributed by atoms with Gasteiger partial charge >= 0.3 is 0 Å². The molecule has 0 aromatic heterocycles. The number of likely N-dealkylation sites (N-methyl/N-ethyl adjacent to an activating group) is 1. The topological polar surface area (TPSA) is 60.9 Å². The number of hydrogen-bond acceptors (Lipinski definition) is 3. The van der Waals surface area contributed by atoms with Gasteiger partial charge in [0, 0.05) is 32.2 Å². The molecule has 0 bridgehead atoms. The van der Waals surface area contributed by atoms with E-state index in [4.69, 9.17) is 0 Å². The standard InChI is InChI=1S/C26H31N3O3/c1-19-10-6-7-13-21(19)24(30)28-16-9-15-23(28)26(32)29-17-8-14-22(29)25(31)27(2)18-20-11-4-3-5-12-20/h3-7,10-13,22-23H,8-9,14-18H2,1-2H3/t22-,23-/m0/s1. The molecular formula is C26H31N3O3. The van der Waals surface area contributed by atoms with Gasteiger partial charge in [0.15, 0.2) is 0 Å². The summed E-state index contributed by atoms with van der Waals surface area (Å²) in [7, 11) is 1.79. The van der Waals surface area contributed by atoms with Gasteiger partial charge in [-0.2, -0.15) is 0 Å². The number of aryl methyl sites for hydroxylation is 1. The van der Waals surface area contributed by atoms with E-state index in [1.165, 1.54) is 0 Å². The van der Waals surface area contributed by atoms with E-state index in [1.807, 2.05) is 61.5 Å². The fraction of sp³-hybridized carbons (Fsp3) is 0.423. The number of rotatable bonds is 5. The van der Waals surface area contributed by atoms with E-state index >= 15 is 0 Å². The Balaban J connectivity index is 1.47. The molecule has 6 nitrogen and oxygen atoms in total. The van der Waals surface area contributed by atoms with E-state index < -0.39 is 12.1 Å². The first-order valence-corrected chi connectivity index (χ1v) is 11.4. The van der Waals surface area contributed by atoms with Crippen molar-refractivity contribution in [3.05, 3.63) is 71.3 Å². The lowest BCUT2D eigenvalue weighted by Gasteiger charge is -2.32. The van der Waals surface area contributed by atoms with E-state index in [0.717, 1.165) is 24.0 Å². The summed E-state index contributed by atoms with van der Waals surface area (Å²) in [6.45, 7) is 3.57. The first-order valence-electron chi connectivity index (χ1n) is 11.4. The van der Waals surface area contributed by atoms with Crippen molar-refractivity contribution in [3.63, 3.8) is 0 Å². The van der Waals surface area contributed by atoms with Crippen LogP contribution >= 0.6 is 0 Å². The minimum absolute atomic E-state index is 0.0329. The lowest BCUT2D eigenvalue weighted by atomic mass is 10.1. The summed E-state index contributed by atoms with van der Waals surface area (Å²) in [6.07, 6.45) is 2.92. The number of amides is 3. The van der Waals surface area contributed by atoms with Crippen molar-refractivity contribution in [2.45, 2.75) is 51.2 Å². The molecule has 2 atom stereocenters. The van der Waals surface area contributed by atoms with Crippen LogP contribution in [0.4, 0.5) is 0 Å². The molecule has 4 rings (SSSR count). The Bertz CT molecular complexity index is 991. The maximum atomic E-state index is 13.5. The lowest BCUT2D eigenvalue weighted by Crippen LogP contribution is -2.53. The summed E-state index contributed by atoms with van der Waals surface area (Å²) >= 11 is 0. The predicted molar refractivity (Wildman–Crippen MR) is 123 cm³/mol. The third-order valence-corrected chi connectivity index (χ3v) is 6.63. The molecule has 2 aliphatic rings. The van der Waals surface area contributed by atoms with E-state index in [2.05, 4.69) is 0 Å². The van der Waals surface area contributed by atoms with Gasteiger partial charge in [-0.15, -0.1) is 0 Å². The van der Waals surface area contributed by atoms with Gasteiger partial charge in [-0.25, -0.2) is 0 Å². The van der Waals surface area contributed by atoms with Gasteiger partial charge in [0.1, 0.15) is 12.1 Å². The lowest BCUT2D eigenvalue weighted by molar-refractivity contribution is -0.145. The van der Waals surface area contributed by atoms with Crippen LogP contribution in [0, 0.1) is 6.92 Å². The normalized spacial score (nSPS) is 20.4. The molecule has 0 radical (unpaired) electrons. The number of hydrogen-bond donors (Lipinski definition) is 0. The van der Waals surface area contributed by atoms with Gasteiger partial charge in [-0.1, -0.05) is 48.5 Å². The van der Waals surface area contributed by atoms with Crippen LogP contribution in [0.25, 0.3) is 0 Å². The van der Waals surface area contributed by atoms with Crippen molar-refractivity contribution in [1.82, 2.24) is 14.7 Å². The molecule has 3 amide bonds. The van der Waals surface area contributed by atoms with E-state index in [-0.39, 0.29) is 17.7 Å². The zero-order chi connectivity index (χ0) is 22.7. The molecule has 0 unspecified atom stereocenters. The summed E-state index contributed by atoms with van der Waals surface area (Å²) in [5.74, 6) is -0.218. The maximum Gasteiger partial charge on any atom is 0.254 e. The van der Waals surface area contributed by atoms with Crippen molar-refractivity contribution in [1.29, 1.82) is 0 Å². The maximum absolute atomic E-state index is 13.5. The smallest absolute Gasteiger partial charge is 0.254 e. The first kappa shape index (κ1) is 22.1. The summed E-state index contributed by atoms with van der Waals surface area (Å²) in [5, 5.41) is 0. The second-order valence-corrected chi connectivity index (χ2v) is 8.84. The van der Waals surface area contributed by atoms with Crippen molar-refractivity contribution in [2.24, 2.45) is 0 Å². The zero-order valence-corrected chi connectivity index (χ0v) is 18.9. The molecule has 0 N–H and O–H groups in total. The molecule has 0 saturated carbocycles. The number of carbonyl (C=O) groups excluding carboxylic acids is 3. The molecular weight excluding hydrogens is 402 g/mol. The van der Waals surface area contributed by atoms with Crippen LogP contribution in [-0.4, -0.2) is 64.6 Å². The predicted octanol–water partition coefficient (Wildman–Crippen LogP) is 3.25. The average Bonchev–Trinajstić information content (AvgIpc) is 3.49. The van der Waals surface area contributed by atoms with Gasteiger partial charge in [0.25, 0.3) is 5.91 Å². The van der Waals surface area contributed by atoms with Crippen molar-refractivity contribution in [2.75, 3.05) is 20.1 Å². The van der Waals surface area contributed by atoms with Crippen LogP contribution in [-0.2, 0) is 16.1 Å². The van der Waals surface area contributed by atoms with Crippen LogP contribution < -0.4 is 0 Å². The Hall–Kier alpha value is -3.15. The Morgan fingerprint density at radius 3 is 2.22 bits per heavy atom. The number of nitrogens with zero attached hydrogens (tertiary/aromatic N) is 3. The first-order chi connectivity index (χ1) is 15.5. The highest BCUT2D eigenvalue weighted by Crippen LogP contribution is 2.27. The molecule has 2 saturated heterocycles. The molecule has 2 aliphatic heterocycles. The van der Waals surface area contributed by atoms with E-state index in [0.29, 0.717) is 38.0 Å². The summed E-state index contributed by atoms with van der Waals surface area (Å²) < 4.78 is 0. The SMILES string of the molecule is Cc1ccccc1C(=O)N1CCC[C@H]1C(=O)N1CCC[C@H]1C(=O)N(C)Cc1ccccc1. The number of likely N-dealkylation sites (tertiary alicyclic amines) is 2. The van der Waals surface area contributed by atoms with Gasteiger partial charge in [0.05, 0.1) is 0 Å². The molecule has 6 heteroatoms. The minimum Gasteiger partial charge on any atom is -0.340 e. The molecule has 168 valence electrons. The number of benzene rings is 2. The Morgan fingerprint density at radius 2 is 1.50 bits per heavy atom. The second-order valence-electron chi connectivity index (χ2n) is 8.84. The zero-order valence-electron chi connectivity index (χ0n) is 18.9. The van der Waals surface area contributed by atoms with Crippen LogP contribution in [0.3, 0.4) is 0 Å². The summed E-state index contributed by atoms with van der Waals surface area (Å²) in [6, 6.07) is 16.4. The van der Waals surface area contributed by atoms with E-state index in [9.17, 15) is 14.4 Å². The van der Waals surface area contributed by atoms with Crippen molar-refractivity contribution < 1.29 is 14.4 Å². The van der Waals surface area contributed by atoms with Crippen LogP contribution in [0.5, 0.6) is 0 Å². The third kappa shape index (κ3) is 4.40. The number of carbonyl (C=O) groups is 3. The molecule has 2 aromatic rings. The van der Waals surface area contributed by atoms with Gasteiger partial charge in [0.2, 0.25) is 11.8 Å². The summed E-state index contributed by atoms with van der Waals surface area (Å²) in [4.78, 5) is 45.1. The molecule has 0 aliphatic carbocycles. The largest absolute Gasteiger partial charge is 0.340 e. The highest BCUT2D eigenvalue weighted by Gasteiger charge is 2.43. The Kier molecular flexibility index (Phi) is 6.58. The quantitative estimate of drug-likeness (QED) is 0.727. The fourth-order valence-electron chi connectivity index (χ4n) is 4.90. The Labute approximate surface area is 189 Å². The van der Waals surface area contributed by atoms with Crippen LogP contribution in [0.1, 0.15) is 47.2 Å². The second kappa shape index (κ2) is 9.55. The Morgan fingerprint density at radius 1 is 0.875 bits per heavy atom. The highest BCUT2D eigenvalue weighted by molar-refractivity contribution is 5.99. The third-order valence-electron chi connectivity index (χ3n) is 6.63.